The van der Waals surface area contributed by atoms with Crippen molar-refractivity contribution in [3.63, 3.8) is 0 Å². The first-order valence-electron chi connectivity index (χ1n) is 20.4. The molecule has 0 spiro atoms. The van der Waals surface area contributed by atoms with Gasteiger partial charge in [0, 0.05) is 66.7 Å². The van der Waals surface area contributed by atoms with Crippen LogP contribution in [-0.4, -0.2) is 124 Å². The molecule has 1 fully saturated rings. The fourth-order valence-electron chi connectivity index (χ4n) is 9.19. The zero-order chi connectivity index (χ0) is 44.2. The van der Waals surface area contributed by atoms with Crippen LogP contribution in [0.25, 0.3) is 0 Å². The number of aliphatic imine (C=N–C) groups is 1. The Labute approximate surface area is 360 Å². The molecule has 63 heavy (non-hydrogen) atoms. The number of nitrogens with two attached hydrogens (primary N) is 2. The summed E-state index contributed by atoms with van der Waals surface area (Å²) >= 11 is 0. The Hall–Kier alpha value is -6.17. The second-order valence-electron chi connectivity index (χ2n) is 16.1. The number of hydrogen-bond donors (Lipinski definition) is 7. The summed E-state index contributed by atoms with van der Waals surface area (Å²) in [4.78, 5) is 30.5. The minimum atomic E-state index is -2.47. The summed E-state index contributed by atoms with van der Waals surface area (Å²) in [5.74, 6) is 4.65. The van der Waals surface area contributed by atoms with Crippen molar-refractivity contribution in [1.29, 1.82) is 0 Å². The summed E-state index contributed by atoms with van der Waals surface area (Å²) in [6.07, 6.45) is -7.44. The number of carbonyl (C=O) groups excluding carboxylic acids is 1. The first-order chi connectivity index (χ1) is 30.4. The molecule has 0 aliphatic carbocycles. The van der Waals surface area contributed by atoms with Gasteiger partial charge >= 0.3 is 11.9 Å². The minimum Gasteiger partial charge on any atom is -0.493 e. The van der Waals surface area contributed by atoms with Crippen LogP contribution in [0, 0.1) is 11.8 Å². The number of carbonyl (C=O) groups is 2. The molecule has 0 radical (unpaired) electrons. The number of carboxylic acid groups (broad SMARTS) is 1. The average Bonchev–Trinajstić information content (AvgIpc) is 3.97. The van der Waals surface area contributed by atoms with Crippen LogP contribution in [-0.2, 0) is 32.0 Å². The van der Waals surface area contributed by atoms with E-state index in [9.17, 15) is 35.1 Å². The maximum Gasteiger partial charge on any atom is 0.317 e. The summed E-state index contributed by atoms with van der Waals surface area (Å²) in [6, 6.07) is 15.2. The van der Waals surface area contributed by atoms with Crippen molar-refractivity contribution in [2.45, 2.75) is 86.4 Å². The normalized spacial score (nSPS) is 27.4. The third-order valence-electron chi connectivity index (χ3n) is 12.1. The van der Waals surface area contributed by atoms with E-state index in [0.717, 1.165) is 22.4 Å². The molecule has 0 amide bonds. The molecular weight excluding hydrogens is 821 g/mol. The van der Waals surface area contributed by atoms with Crippen molar-refractivity contribution in [1.82, 2.24) is 4.90 Å². The van der Waals surface area contributed by atoms with Crippen LogP contribution in [0.4, 0.5) is 0 Å². The van der Waals surface area contributed by atoms with Crippen molar-refractivity contribution in [3.05, 3.63) is 99.9 Å². The number of rotatable bonds is 13. The summed E-state index contributed by atoms with van der Waals surface area (Å²) in [5, 5.41) is 54.2. The molecule has 330 valence electrons. The molecule has 9 N–H and O–H groups in total. The number of aliphatic carboxylic acids is 1. The van der Waals surface area contributed by atoms with Gasteiger partial charge in [-0.05, 0) is 17.7 Å². The topological polar surface area (TPSA) is 268 Å². The minimum absolute atomic E-state index is 0.0145. The molecule has 1 saturated heterocycles. The molecule has 7 aliphatic heterocycles. The van der Waals surface area contributed by atoms with Crippen LogP contribution in [0.3, 0.4) is 0 Å². The van der Waals surface area contributed by atoms with Gasteiger partial charge in [-0.3, -0.25) is 14.6 Å². The highest BCUT2D eigenvalue weighted by molar-refractivity contribution is 5.90. The van der Waals surface area contributed by atoms with E-state index >= 15 is 0 Å². The van der Waals surface area contributed by atoms with Crippen LogP contribution in [0.1, 0.15) is 52.7 Å². The Morgan fingerprint density at radius 2 is 1.90 bits per heavy atom. The summed E-state index contributed by atoms with van der Waals surface area (Å²) in [7, 11) is 1.52. The Kier molecular flexibility index (Phi) is 11.3. The molecule has 3 aromatic carbocycles. The summed E-state index contributed by atoms with van der Waals surface area (Å²) in [5.41, 5.74) is 14.8. The number of esters is 1. The van der Waals surface area contributed by atoms with Gasteiger partial charge in [-0.15, -0.1) is 0 Å². The number of nitrogens with zero attached hydrogens (tertiary/aromatic N) is 2. The van der Waals surface area contributed by atoms with Crippen LogP contribution in [0.5, 0.6) is 28.7 Å². The van der Waals surface area contributed by atoms with Gasteiger partial charge in [-0.2, -0.15) is 0 Å². The van der Waals surface area contributed by atoms with E-state index in [1.807, 2.05) is 48.7 Å². The van der Waals surface area contributed by atoms with Crippen molar-refractivity contribution in [2.75, 3.05) is 26.9 Å². The third kappa shape index (κ3) is 7.61. The molecular formula is C45H46N4O14. The Morgan fingerprint density at radius 3 is 2.63 bits per heavy atom. The van der Waals surface area contributed by atoms with Gasteiger partial charge in [0.05, 0.1) is 37.1 Å². The summed E-state index contributed by atoms with van der Waals surface area (Å²) in [6.45, 7) is 0.495. The zero-order valence-electron chi connectivity index (χ0n) is 34.0. The number of hydrogen-bond acceptors (Lipinski definition) is 17. The number of aliphatic hydroxyl groups excluding tert-OH is 3. The molecule has 3 aromatic rings. The number of methoxy groups -OCH3 is 1. The maximum atomic E-state index is 12.6. The molecule has 9 unspecified atom stereocenters. The Bertz CT molecular complexity index is 2460. The number of fused-ring (bicyclic) bond motifs is 9. The van der Waals surface area contributed by atoms with Crippen molar-refractivity contribution < 1.29 is 68.3 Å². The SMILES string of the molecule is COc1ccc2c(c1OCCO)OC1c3c(cc4c(c3CN3C=C5N=CC=C5C3)C#CCC3(O)C(O)C(O)C(O4)OC3C(OC(=O)CC(=O)O)C(N)N)OC(Cc3ccccc3)C21. The fourth-order valence-corrected chi connectivity index (χ4v) is 9.19. The Balaban J connectivity index is 1.20. The van der Waals surface area contributed by atoms with Crippen LogP contribution in [0.15, 0.2) is 77.1 Å². The zero-order valence-corrected chi connectivity index (χ0v) is 34.0. The lowest BCUT2D eigenvalue weighted by molar-refractivity contribution is -0.324. The van der Waals surface area contributed by atoms with E-state index in [1.54, 1.807) is 18.3 Å². The lowest BCUT2D eigenvalue weighted by atomic mass is 9.78. The highest BCUT2D eigenvalue weighted by Gasteiger charge is 2.60. The molecule has 10 rings (SSSR count). The molecule has 0 saturated carbocycles. The van der Waals surface area contributed by atoms with Gasteiger partial charge in [0.1, 0.15) is 60.6 Å². The molecule has 7 aliphatic rings. The molecule has 7 heterocycles. The van der Waals surface area contributed by atoms with E-state index in [1.165, 1.54) is 7.11 Å². The van der Waals surface area contributed by atoms with Crippen LogP contribution in [0.2, 0.25) is 0 Å². The maximum absolute atomic E-state index is 12.6. The van der Waals surface area contributed by atoms with E-state index in [4.69, 9.17) is 44.6 Å². The molecule has 18 heteroatoms. The quantitative estimate of drug-likeness (QED) is 0.0544. The number of aliphatic hydroxyl groups is 4. The number of ether oxygens (including phenoxy) is 7. The molecule has 0 aromatic heterocycles. The van der Waals surface area contributed by atoms with Crippen LogP contribution >= 0.6 is 0 Å². The van der Waals surface area contributed by atoms with Crippen molar-refractivity contribution in [3.8, 4) is 40.6 Å². The van der Waals surface area contributed by atoms with E-state index in [-0.39, 0.29) is 25.5 Å². The highest BCUT2D eigenvalue weighted by atomic mass is 16.7. The second kappa shape index (κ2) is 16.8. The lowest BCUT2D eigenvalue weighted by Crippen LogP contribution is -2.72. The van der Waals surface area contributed by atoms with Gasteiger partial charge in [-0.1, -0.05) is 48.2 Å². The van der Waals surface area contributed by atoms with Crippen LogP contribution < -0.4 is 35.2 Å². The number of allylic oxidation sites excluding steroid dienone is 1. The van der Waals surface area contributed by atoms with E-state index in [2.05, 4.69) is 21.7 Å². The van der Waals surface area contributed by atoms with E-state index < -0.39 is 85.4 Å². The summed E-state index contributed by atoms with van der Waals surface area (Å²) < 4.78 is 43.8. The molecule has 9 atom stereocenters. The lowest BCUT2D eigenvalue weighted by Gasteiger charge is -2.50. The standard InChI is InChI=1S/C45H46N4O14/c1-57-28-10-9-25-34-30(16-22-6-3-2-4-7-22)59-31-17-29-24(26(20-49-19-23-11-13-48-27(23)21-49)35(31)39(34)62-37(25)38(28)58-15-14-50)8-5-12-45(56)41(55)36(54)44(60-29)63-42(45)40(43(46)47)61-33(53)18-32(51)52/h2-4,6-7,9-11,13,17,21,30,34,36,39-44,50,54-56H,12,14-16,18-20,46-47H2,1H3,(H,51,52). The second-order valence-corrected chi connectivity index (χ2v) is 16.1. The van der Waals surface area contributed by atoms with Crippen molar-refractivity contribution >= 4 is 18.2 Å². The fraction of sp³-hybridized carbons (Fsp3) is 0.400. The van der Waals surface area contributed by atoms with Gasteiger partial charge in [0.15, 0.2) is 17.6 Å². The molecule has 2 bridgehead atoms. The highest BCUT2D eigenvalue weighted by Crippen LogP contribution is 2.60. The first kappa shape index (κ1) is 42.1. The third-order valence-corrected chi connectivity index (χ3v) is 12.1. The predicted octanol–water partition coefficient (Wildman–Crippen LogP) is 0.897. The van der Waals surface area contributed by atoms with Gasteiger partial charge in [-0.25, -0.2) is 0 Å². The largest absolute Gasteiger partial charge is 0.493 e. The number of carboxylic acids is 1. The first-order valence-corrected chi connectivity index (χ1v) is 20.4. The Morgan fingerprint density at radius 1 is 1.10 bits per heavy atom. The monoisotopic (exact) mass is 866 g/mol. The van der Waals surface area contributed by atoms with Gasteiger partial charge < -0.3 is 75.1 Å². The smallest absolute Gasteiger partial charge is 0.317 e. The average molecular weight is 867 g/mol. The molecule has 18 nitrogen and oxygen atoms in total. The van der Waals surface area contributed by atoms with Gasteiger partial charge in [0.2, 0.25) is 12.0 Å². The van der Waals surface area contributed by atoms with Crippen molar-refractivity contribution in [2.24, 2.45) is 16.5 Å². The van der Waals surface area contributed by atoms with E-state index in [0.29, 0.717) is 52.7 Å². The van der Waals surface area contributed by atoms with Gasteiger partial charge in [0.25, 0.3) is 0 Å². The number of benzene rings is 3. The predicted molar refractivity (Wildman–Crippen MR) is 220 cm³/mol.